The number of carbonyl (C=O) groups is 4. The molecule has 0 aromatic heterocycles. The summed E-state index contributed by atoms with van der Waals surface area (Å²) in [5.41, 5.74) is 0. The van der Waals surface area contributed by atoms with Gasteiger partial charge in [-0.3, -0.25) is 37.3 Å². The van der Waals surface area contributed by atoms with Crippen LogP contribution in [0, 0.1) is 11.8 Å². The van der Waals surface area contributed by atoms with E-state index in [1.54, 1.807) is 0 Å². The first-order valence-electron chi connectivity index (χ1n) is 36.5. The van der Waals surface area contributed by atoms with Gasteiger partial charge in [0.25, 0.3) is 0 Å². The Hall–Kier alpha value is -1.94. The van der Waals surface area contributed by atoms with Gasteiger partial charge in [-0.15, -0.1) is 0 Å². The summed E-state index contributed by atoms with van der Waals surface area (Å²) >= 11 is 0. The van der Waals surface area contributed by atoms with Crippen molar-refractivity contribution in [3.05, 3.63) is 0 Å². The Labute approximate surface area is 543 Å². The van der Waals surface area contributed by atoms with Crippen molar-refractivity contribution >= 4 is 39.5 Å². The van der Waals surface area contributed by atoms with Crippen LogP contribution in [-0.2, 0) is 65.4 Å². The van der Waals surface area contributed by atoms with Gasteiger partial charge < -0.3 is 33.8 Å². The first kappa shape index (κ1) is 87.1. The highest BCUT2D eigenvalue weighted by Gasteiger charge is 2.30. The van der Waals surface area contributed by atoms with E-state index in [1.165, 1.54) is 173 Å². The van der Waals surface area contributed by atoms with Crippen molar-refractivity contribution in [3.8, 4) is 0 Å². The Balaban J connectivity index is 5.22. The van der Waals surface area contributed by atoms with Crippen LogP contribution in [0.5, 0.6) is 0 Å². The topological polar surface area (TPSA) is 237 Å². The summed E-state index contributed by atoms with van der Waals surface area (Å²) in [4.78, 5) is 72.5. The highest BCUT2D eigenvalue weighted by molar-refractivity contribution is 7.47. The molecule has 0 amide bonds. The maximum Gasteiger partial charge on any atom is 0.472 e. The van der Waals surface area contributed by atoms with Crippen LogP contribution in [0.3, 0.4) is 0 Å². The lowest BCUT2D eigenvalue weighted by atomic mass is 10.0. The zero-order valence-corrected chi connectivity index (χ0v) is 59.5. The van der Waals surface area contributed by atoms with E-state index in [9.17, 15) is 43.2 Å². The molecule has 17 nitrogen and oxygen atoms in total. The molecule has 0 rings (SSSR count). The zero-order valence-electron chi connectivity index (χ0n) is 57.7. The molecule has 0 aromatic rings. The van der Waals surface area contributed by atoms with Crippen molar-refractivity contribution in [2.45, 2.75) is 374 Å². The summed E-state index contributed by atoms with van der Waals surface area (Å²) < 4.78 is 68.2. The maximum atomic E-state index is 13.0. The molecule has 0 aliphatic carbocycles. The van der Waals surface area contributed by atoms with Gasteiger partial charge in [-0.25, -0.2) is 9.13 Å². The number of aliphatic hydroxyl groups is 1. The average Bonchev–Trinajstić information content (AvgIpc) is 3.54. The molecular formula is C70H136O17P2. The fraction of sp³-hybridized carbons (Fsp3) is 0.943. The molecule has 0 radical (unpaired) electrons. The smallest absolute Gasteiger partial charge is 0.462 e. The molecule has 0 fully saturated rings. The second kappa shape index (κ2) is 62.2. The van der Waals surface area contributed by atoms with Crippen LogP contribution >= 0.6 is 15.6 Å². The van der Waals surface area contributed by atoms with Gasteiger partial charge in [0.05, 0.1) is 26.4 Å². The van der Waals surface area contributed by atoms with Crippen molar-refractivity contribution in [1.29, 1.82) is 0 Å². The third-order valence-corrected chi connectivity index (χ3v) is 18.1. The molecule has 5 atom stereocenters. The van der Waals surface area contributed by atoms with E-state index in [0.29, 0.717) is 25.7 Å². The SMILES string of the molecule is CCCCCCCCCCCCCCC(=O)OC[C@H](COP(=O)(O)OC[C@@H](O)COP(=O)(O)OC[C@@H](COC(=O)CCCCCCCCCCC)OC(=O)CCCCCCCCCCC(C)C)OC(=O)CCCCCCCCCCCCCCCCC(C)C. The number of unbranched alkanes of at least 4 members (excludes halogenated alkanes) is 39. The number of carbonyl (C=O) groups excluding carboxylic acids is 4. The molecule has 3 N–H and O–H groups in total. The molecule has 2 unspecified atom stereocenters. The Kier molecular flexibility index (Phi) is 60.8. The number of phosphoric acid groups is 2. The number of esters is 4. The summed E-state index contributed by atoms with van der Waals surface area (Å²) in [6.45, 7) is 9.51. The van der Waals surface area contributed by atoms with Gasteiger partial charge in [0.15, 0.2) is 12.2 Å². The van der Waals surface area contributed by atoms with Crippen LogP contribution in [0.25, 0.3) is 0 Å². The molecule has 0 heterocycles. The van der Waals surface area contributed by atoms with Gasteiger partial charge in [-0.1, -0.05) is 305 Å². The Morgan fingerprint density at radius 1 is 0.303 bits per heavy atom. The third kappa shape index (κ3) is 64.6. The highest BCUT2D eigenvalue weighted by Crippen LogP contribution is 2.45. The minimum Gasteiger partial charge on any atom is -0.462 e. The fourth-order valence-electron chi connectivity index (χ4n) is 10.6. The number of hydrogen-bond acceptors (Lipinski definition) is 15. The quantitative estimate of drug-likeness (QED) is 0.0222. The van der Waals surface area contributed by atoms with Crippen molar-refractivity contribution in [2.24, 2.45) is 11.8 Å². The Morgan fingerprint density at radius 3 is 0.764 bits per heavy atom. The first-order chi connectivity index (χ1) is 42.9. The van der Waals surface area contributed by atoms with E-state index in [0.717, 1.165) is 102 Å². The molecule has 0 spiro atoms. The van der Waals surface area contributed by atoms with E-state index >= 15 is 0 Å². The summed E-state index contributed by atoms with van der Waals surface area (Å²) in [6, 6.07) is 0. The largest absolute Gasteiger partial charge is 0.472 e. The first-order valence-corrected chi connectivity index (χ1v) is 39.5. The number of phosphoric ester groups is 2. The van der Waals surface area contributed by atoms with E-state index in [1.807, 2.05) is 0 Å². The predicted molar refractivity (Wildman–Crippen MR) is 358 cm³/mol. The van der Waals surface area contributed by atoms with Gasteiger partial charge in [0.1, 0.15) is 19.3 Å². The van der Waals surface area contributed by atoms with E-state index in [4.69, 9.17) is 37.0 Å². The van der Waals surface area contributed by atoms with Crippen molar-refractivity contribution in [3.63, 3.8) is 0 Å². The van der Waals surface area contributed by atoms with Crippen molar-refractivity contribution < 1.29 is 80.2 Å². The molecule has 0 aliphatic rings. The van der Waals surface area contributed by atoms with Gasteiger partial charge in [0, 0.05) is 25.7 Å². The van der Waals surface area contributed by atoms with E-state index < -0.39 is 97.5 Å². The Bertz CT molecular complexity index is 1730. The van der Waals surface area contributed by atoms with Crippen molar-refractivity contribution in [2.75, 3.05) is 39.6 Å². The lowest BCUT2D eigenvalue weighted by Gasteiger charge is -2.21. The van der Waals surface area contributed by atoms with Gasteiger partial charge >= 0.3 is 39.5 Å². The van der Waals surface area contributed by atoms with Gasteiger partial charge in [-0.05, 0) is 37.5 Å². The van der Waals surface area contributed by atoms with Crippen LogP contribution in [-0.4, -0.2) is 96.7 Å². The van der Waals surface area contributed by atoms with Crippen LogP contribution in [0.2, 0.25) is 0 Å². The van der Waals surface area contributed by atoms with Crippen LogP contribution in [0.4, 0.5) is 0 Å². The van der Waals surface area contributed by atoms with E-state index in [2.05, 4.69) is 41.5 Å². The monoisotopic (exact) mass is 1310 g/mol. The van der Waals surface area contributed by atoms with Crippen molar-refractivity contribution in [1.82, 2.24) is 0 Å². The zero-order chi connectivity index (χ0) is 65.7. The number of hydrogen-bond donors (Lipinski definition) is 3. The molecule has 528 valence electrons. The van der Waals surface area contributed by atoms with E-state index in [-0.39, 0.29) is 25.7 Å². The lowest BCUT2D eigenvalue weighted by molar-refractivity contribution is -0.161. The Morgan fingerprint density at radius 2 is 0.517 bits per heavy atom. The van der Waals surface area contributed by atoms with Gasteiger partial charge in [-0.2, -0.15) is 0 Å². The minimum absolute atomic E-state index is 0.105. The minimum atomic E-state index is -4.95. The number of ether oxygens (including phenoxy) is 4. The molecular weight excluding hydrogens is 1170 g/mol. The molecule has 0 aliphatic heterocycles. The standard InChI is InChI=1S/C70H136O17P2/c1-7-9-11-13-15-17-18-24-28-35-41-47-53-68(73)81-59-65(86-69(74)54-48-42-36-29-25-22-20-19-21-23-27-32-38-44-50-62(3)4)60-84-88(76,77)82-56-64(71)57-83-89(78,79)85-61-66(58-80-67(72)52-46-40-34-26-16-14-12-10-8-2)87-70(75)55-49-43-37-31-30-33-39-45-51-63(5)6/h62-66,71H,7-61H2,1-6H3,(H,76,77)(H,78,79)/t64-,65-,66-/m1/s1. The average molecular weight is 1310 g/mol. The lowest BCUT2D eigenvalue weighted by Crippen LogP contribution is -2.30. The number of aliphatic hydroxyl groups excluding tert-OH is 1. The normalized spacial score (nSPS) is 14.1. The molecule has 0 bridgehead atoms. The third-order valence-electron chi connectivity index (χ3n) is 16.2. The summed E-state index contributed by atoms with van der Waals surface area (Å²) in [5.74, 6) is -0.612. The summed E-state index contributed by atoms with van der Waals surface area (Å²) in [5, 5.41) is 10.6. The number of rotatable bonds is 69. The summed E-state index contributed by atoms with van der Waals surface area (Å²) in [6.07, 6.45) is 47.2. The van der Waals surface area contributed by atoms with Crippen LogP contribution < -0.4 is 0 Å². The molecule has 0 saturated carbocycles. The second-order valence-electron chi connectivity index (χ2n) is 26.2. The second-order valence-corrected chi connectivity index (χ2v) is 29.1. The van der Waals surface area contributed by atoms with Gasteiger partial charge in [0.2, 0.25) is 0 Å². The van der Waals surface area contributed by atoms with Crippen LogP contribution in [0.15, 0.2) is 0 Å². The molecule has 19 heteroatoms. The predicted octanol–water partition coefficient (Wildman–Crippen LogP) is 20.0. The maximum absolute atomic E-state index is 13.0. The molecule has 0 aromatic carbocycles. The molecule has 89 heavy (non-hydrogen) atoms. The van der Waals surface area contributed by atoms with Crippen LogP contribution in [0.1, 0.15) is 356 Å². The molecule has 0 saturated heterocycles. The fourth-order valence-corrected chi connectivity index (χ4v) is 12.2. The summed E-state index contributed by atoms with van der Waals surface area (Å²) in [7, 11) is -9.90. The highest BCUT2D eigenvalue weighted by atomic mass is 31.2.